The van der Waals surface area contributed by atoms with Crippen LogP contribution < -0.4 is 5.73 Å². The van der Waals surface area contributed by atoms with Crippen molar-refractivity contribution in [2.24, 2.45) is 5.73 Å². The van der Waals surface area contributed by atoms with Gasteiger partial charge in [-0.3, -0.25) is 0 Å². The summed E-state index contributed by atoms with van der Waals surface area (Å²) < 4.78 is 12.9. The highest BCUT2D eigenvalue weighted by molar-refractivity contribution is 5.72. The van der Waals surface area contributed by atoms with Gasteiger partial charge < -0.3 is 10.6 Å². The van der Waals surface area contributed by atoms with E-state index in [0.717, 1.165) is 5.56 Å². The molecule has 0 saturated heterocycles. The highest BCUT2D eigenvalue weighted by atomic mass is 19.1. The molecule has 0 unspecified atom stereocenters. The zero-order valence-corrected chi connectivity index (χ0v) is 9.00. The van der Waals surface area contributed by atoms with Gasteiger partial charge in [0.2, 0.25) is 0 Å². The summed E-state index contributed by atoms with van der Waals surface area (Å²) >= 11 is 0. The SMILES string of the molecule is C=C(/C=C(/N)N(C)C)c1cccc(F)c1. The lowest BCUT2D eigenvalue weighted by atomic mass is 10.1. The molecule has 80 valence electrons. The average Bonchev–Trinajstić information content (AvgIpc) is 2.17. The van der Waals surface area contributed by atoms with Crippen molar-refractivity contribution < 1.29 is 4.39 Å². The van der Waals surface area contributed by atoms with Crippen LogP contribution in [-0.2, 0) is 0 Å². The van der Waals surface area contributed by atoms with Gasteiger partial charge in [0.05, 0.1) is 5.82 Å². The van der Waals surface area contributed by atoms with E-state index >= 15 is 0 Å². The summed E-state index contributed by atoms with van der Waals surface area (Å²) in [5.74, 6) is 0.315. The Morgan fingerprint density at radius 1 is 1.47 bits per heavy atom. The smallest absolute Gasteiger partial charge is 0.123 e. The van der Waals surface area contributed by atoms with Crippen molar-refractivity contribution in [1.82, 2.24) is 4.90 Å². The first kappa shape index (κ1) is 11.3. The Hall–Kier alpha value is -1.77. The van der Waals surface area contributed by atoms with Crippen molar-refractivity contribution in [3.8, 4) is 0 Å². The zero-order valence-electron chi connectivity index (χ0n) is 9.00. The van der Waals surface area contributed by atoms with Crippen molar-refractivity contribution in [3.05, 3.63) is 54.1 Å². The molecule has 0 aliphatic carbocycles. The first-order valence-corrected chi connectivity index (χ1v) is 4.60. The Morgan fingerprint density at radius 2 is 2.13 bits per heavy atom. The summed E-state index contributed by atoms with van der Waals surface area (Å²) in [5, 5.41) is 0. The van der Waals surface area contributed by atoms with Crippen LogP contribution in [0.4, 0.5) is 4.39 Å². The van der Waals surface area contributed by atoms with E-state index in [9.17, 15) is 4.39 Å². The maximum absolute atomic E-state index is 12.9. The van der Waals surface area contributed by atoms with Crippen LogP contribution in [0.25, 0.3) is 5.57 Å². The normalized spacial score (nSPS) is 11.3. The molecular formula is C12H15FN2. The molecular weight excluding hydrogens is 191 g/mol. The van der Waals surface area contributed by atoms with E-state index in [-0.39, 0.29) is 5.82 Å². The van der Waals surface area contributed by atoms with Gasteiger partial charge in [-0.05, 0) is 29.3 Å². The summed E-state index contributed by atoms with van der Waals surface area (Å²) in [6.45, 7) is 3.84. The van der Waals surface area contributed by atoms with E-state index in [0.29, 0.717) is 11.4 Å². The molecule has 15 heavy (non-hydrogen) atoms. The summed E-state index contributed by atoms with van der Waals surface area (Å²) in [6, 6.07) is 6.28. The van der Waals surface area contributed by atoms with E-state index in [1.165, 1.54) is 12.1 Å². The first-order valence-electron chi connectivity index (χ1n) is 4.60. The molecule has 0 atom stereocenters. The Kier molecular flexibility index (Phi) is 3.50. The van der Waals surface area contributed by atoms with Crippen LogP contribution in [0.3, 0.4) is 0 Å². The monoisotopic (exact) mass is 206 g/mol. The number of nitrogens with two attached hydrogens (primary N) is 1. The molecule has 0 bridgehead atoms. The molecule has 0 fully saturated rings. The van der Waals surface area contributed by atoms with E-state index < -0.39 is 0 Å². The minimum Gasteiger partial charge on any atom is -0.385 e. The van der Waals surface area contributed by atoms with Gasteiger partial charge in [0.25, 0.3) is 0 Å². The van der Waals surface area contributed by atoms with Crippen molar-refractivity contribution in [1.29, 1.82) is 0 Å². The van der Waals surface area contributed by atoms with Gasteiger partial charge in [0.15, 0.2) is 0 Å². The van der Waals surface area contributed by atoms with Crippen LogP contribution in [0.1, 0.15) is 5.56 Å². The maximum atomic E-state index is 12.9. The predicted molar refractivity (Wildman–Crippen MR) is 61.4 cm³/mol. The van der Waals surface area contributed by atoms with Crippen LogP contribution in [0.5, 0.6) is 0 Å². The van der Waals surface area contributed by atoms with Gasteiger partial charge in [-0.15, -0.1) is 0 Å². The van der Waals surface area contributed by atoms with E-state index in [2.05, 4.69) is 6.58 Å². The fourth-order valence-electron chi connectivity index (χ4n) is 1.08. The highest BCUT2D eigenvalue weighted by Crippen LogP contribution is 2.15. The number of allylic oxidation sites excluding steroid dienone is 2. The Balaban J connectivity index is 2.91. The average molecular weight is 206 g/mol. The minimum absolute atomic E-state index is 0.273. The third kappa shape index (κ3) is 3.13. The topological polar surface area (TPSA) is 29.3 Å². The second-order valence-corrected chi connectivity index (χ2v) is 3.50. The van der Waals surface area contributed by atoms with E-state index in [1.54, 1.807) is 23.1 Å². The van der Waals surface area contributed by atoms with E-state index in [4.69, 9.17) is 5.73 Å². The second-order valence-electron chi connectivity index (χ2n) is 3.50. The molecule has 1 aromatic rings. The van der Waals surface area contributed by atoms with Gasteiger partial charge in [-0.1, -0.05) is 18.7 Å². The molecule has 0 aromatic heterocycles. The molecule has 0 aliphatic rings. The highest BCUT2D eigenvalue weighted by Gasteiger charge is 1.99. The molecule has 2 nitrogen and oxygen atoms in total. The predicted octanol–water partition coefficient (Wildman–Crippen LogP) is 2.20. The van der Waals surface area contributed by atoms with Crippen molar-refractivity contribution in [2.45, 2.75) is 0 Å². The van der Waals surface area contributed by atoms with Gasteiger partial charge in [-0.25, -0.2) is 4.39 Å². The number of rotatable bonds is 3. The van der Waals surface area contributed by atoms with Crippen molar-refractivity contribution in [3.63, 3.8) is 0 Å². The minimum atomic E-state index is -0.273. The Bertz CT molecular complexity index is 394. The largest absolute Gasteiger partial charge is 0.385 e. The molecule has 2 N–H and O–H groups in total. The number of hydrogen-bond donors (Lipinski definition) is 1. The van der Waals surface area contributed by atoms with Crippen LogP contribution in [0.2, 0.25) is 0 Å². The quantitative estimate of drug-likeness (QED) is 0.768. The number of halogens is 1. The van der Waals surface area contributed by atoms with E-state index in [1.807, 2.05) is 14.1 Å². The lowest BCUT2D eigenvalue weighted by Gasteiger charge is -2.12. The Morgan fingerprint density at radius 3 is 2.67 bits per heavy atom. The van der Waals surface area contributed by atoms with Crippen molar-refractivity contribution >= 4 is 5.57 Å². The molecule has 0 amide bonds. The van der Waals surface area contributed by atoms with Crippen LogP contribution in [0, 0.1) is 5.82 Å². The van der Waals surface area contributed by atoms with Gasteiger partial charge in [0.1, 0.15) is 5.82 Å². The lowest BCUT2D eigenvalue weighted by molar-refractivity contribution is 0.506. The van der Waals surface area contributed by atoms with Gasteiger partial charge >= 0.3 is 0 Å². The van der Waals surface area contributed by atoms with Crippen LogP contribution >= 0.6 is 0 Å². The van der Waals surface area contributed by atoms with Gasteiger partial charge in [-0.2, -0.15) is 0 Å². The zero-order chi connectivity index (χ0) is 11.4. The van der Waals surface area contributed by atoms with Gasteiger partial charge in [0, 0.05) is 14.1 Å². The third-order valence-electron chi connectivity index (χ3n) is 2.03. The summed E-state index contributed by atoms with van der Waals surface area (Å²) in [6.07, 6.45) is 1.72. The Labute approximate surface area is 89.5 Å². The molecule has 3 heteroatoms. The fraction of sp³-hybridized carbons (Fsp3) is 0.167. The number of benzene rings is 1. The molecule has 1 aromatic carbocycles. The summed E-state index contributed by atoms with van der Waals surface area (Å²) in [4.78, 5) is 1.77. The molecule has 0 aliphatic heterocycles. The second kappa shape index (κ2) is 4.64. The summed E-state index contributed by atoms with van der Waals surface area (Å²) in [5.41, 5.74) is 7.16. The summed E-state index contributed by atoms with van der Waals surface area (Å²) in [7, 11) is 3.68. The van der Waals surface area contributed by atoms with Crippen LogP contribution in [0.15, 0.2) is 42.7 Å². The molecule has 0 radical (unpaired) electrons. The molecule has 0 heterocycles. The standard InChI is InChI=1S/C12H15FN2/c1-9(7-12(14)15(2)3)10-5-4-6-11(13)8-10/h4-8H,1,14H2,2-3H3/b12-7-. The molecule has 0 saturated carbocycles. The maximum Gasteiger partial charge on any atom is 0.123 e. The molecule has 1 rings (SSSR count). The molecule has 0 spiro atoms. The fourth-order valence-corrected chi connectivity index (χ4v) is 1.08. The number of hydrogen-bond acceptors (Lipinski definition) is 2. The third-order valence-corrected chi connectivity index (χ3v) is 2.03. The lowest BCUT2D eigenvalue weighted by Crippen LogP contribution is -2.18. The van der Waals surface area contributed by atoms with Crippen LogP contribution in [-0.4, -0.2) is 19.0 Å². The number of nitrogens with zero attached hydrogens (tertiary/aromatic N) is 1. The first-order chi connectivity index (χ1) is 7.00. The van der Waals surface area contributed by atoms with Crippen molar-refractivity contribution in [2.75, 3.05) is 14.1 Å².